The number of halogens is 1. The van der Waals surface area contributed by atoms with E-state index in [4.69, 9.17) is 4.42 Å². The Balaban J connectivity index is 1.84. The number of furan rings is 1. The molecule has 3 aromatic rings. The second-order valence-electron chi connectivity index (χ2n) is 4.56. The van der Waals surface area contributed by atoms with E-state index in [1.165, 1.54) is 0 Å². The molecule has 0 aliphatic carbocycles. The molecule has 0 radical (unpaired) electrons. The number of aromatic nitrogens is 1. The molecule has 0 fully saturated rings. The summed E-state index contributed by atoms with van der Waals surface area (Å²) in [6.45, 7) is 0.683. The molecular formula is C16H12BrN3O. The molecule has 5 heteroatoms. The maximum atomic E-state index is 9.24. The Morgan fingerprint density at radius 3 is 2.86 bits per heavy atom. The normalized spacial score (nSPS) is 10.5. The number of anilines is 1. The Morgan fingerprint density at radius 2 is 2.10 bits per heavy atom. The topological polar surface area (TPSA) is 61.9 Å². The second-order valence-corrected chi connectivity index (χ2v) is 5.34. The quantitative estimate of drug-likeness (QED) is 0.775. The molecule has 21 heavy (non-hydrogen) atoms. The van der Waals surface area contributed by atoms with Crippen LogP contribution in [-0.2, 0) is 6.42 Å². The zero-order chi connectivity index (χ0) is 14.7. The molecule has 0 spiro atoms. The molecule has 0 bridgehead atoms. The predicted molar refractivity (Wildman–Crippen MR) is 85.1 cm³/mol. The molecule has 0 atom stereocenters. The first-order chi connectivity index (χ1) is 10.3. The largest absolute Gasteiger partial charge is 0.454 e. The molecular weight excluding hydrogens is 330 g/mol. The van der Waals surface area contributed by atoms with Crippen molar-refractivity contribution in [3.8, 4) is 6.07 Å². The van der Waals surface area contributed by atoms with Crippen molar-refractivity contribution in [1.29, 1.82) is 5.26 Å². The fraction of sp³-hybridized carbons (Fsp3) is 0.125. The molecule has 0 aliphatic rings. The molecule has 2 aromatic heterocycles. The first kappa shape index (κ1) is 13.7. The summed E-state index contributed by atoms with van der Waals surface area (Å²) in [4.78, 5) is 4.30. The van der Waals surface area contributed by atoms with Crippen LogP contribution in [0.3, 0.4) is 0 Å². The van der Waals surface area contributed by atoms with Crippen LogP contribution in [0.1, 0.15) is 11.3 Å². The highest BCUT2D eigenvalue weighted by atomic mass is 79.9. The summed E-state index contributed by atoms with van der Waals surface area (Å²) in [6, 6.07) is 13.8. The van der Waals surface area contributed by atoms with Crippen molar-refractivity contribution in [3.63, 3.8) is 0 Å². The van der Waals surface area contributed by atoms with Crippen LogP contribution >= 0.6 is 15.9 Å². The van der Waals surface area contributed by atoms with Gasteiger partial charge in [-0.25, -0.2) is 0 Å². The maximum Gasteiger partial charge on any atom is 0.169 e. The molecule has 3 rings (SSSR count). The standard InChI is InChI=1S/C16H12BrN3O/c17-15-6-5-12(21-15)7-8-19-16-11(9-18)10-20-14-4-2-1-3-13(14)16/h1-6,10H,7-8H2,(H,19,20). The lowest BCUT2D eigenvalue weighted by molar-refractivity contribution is 0.491. The van der Waals surface area contributed by atoms with Gasteiger partial charge in [-0.1, -0.05) is 18.2 Å². The van der Waals surface area contributed by atoms with E-state index in [9.17, 15) is 5.26 Å². The van der Waals surface area contributed by atoms with E-state index in [0.29, 0.717) is 12.1 Å². The van der Waals surface area contributed by atoms with Gasteiger partial charge in [-0.15, -0.1) is 0 Å². The van der Waals surface area contributed by atoms with E-state index in [2.05, 4.69) is 32.3 Å². The number of hydrogen-bond donors (Lipinski definition) is 1. The number of nitriles is 1. The maximum absolute atomic E-state index is 9.24. The summed E-state index contributed by atoms with van der Waals surface area (Å²) in [5.74, 6) is 0.895. The third-order valence-electron chi connectivity index (χ3n) is 3.20. The lowest BCUT2D eigenvalue weighted by Gasteiger charge is -2.10. The van der Waals surface area contributed by atoms with Crippen molar-refractivity contribution < 1.29 is 4.42 Å². The van der Waals surface area contributed by atoms with Crippen LogP contribution in [0, 0.1) is 11.3 Å². The lowest BCUT2D eigenvalue weighted by Crippen LogP contribution is -2.06. The lowest BCUT2D eigenvalue weighted by atomic mass is 10.1. The summed E-state index contributed by atoms with van der Waals surface area (Å²) in [7, 11) is 0. The van der Waals surface area contributed by atoms with Gasteiger partial charge in [-0.2, -0.15) is 5.26 Å². The fourth-order valence-corrected chi connectivity index (χ4v) is 2.55. The third-order valence-corrected chi connectivity index (χ3v) is 3.62. The Bertz CT molecular complexity index is 820. The number of nitrogens with zero attached hydrogens (tertiary/aromatic N) is 2. The number of hydrogen-bond acceptors (Lipinski definition) is 4. The van der Waals surface area contributed by atoms with Crippen LogP contribution in [-0.4, -0.2) is 11.5 Å². The number of nitrogens with one attached hydrogen (secondary N) is 1. The van der Waals surface area contributed by atoms with Crippen LogP contribution in [0.15, 0.2) is 51.7 Å². The average molecular weight is 342 g/mol. The van der Waals surface area contributed by atoms with E-state index < -0.39 is 0 Å². The summed E-state index contributed by atoms with van der Waals surface area (Å²) >= 11 is 3.29. The second kappa shape index (κ2) is 5.98. The number of pyridine rings is 1. The first-order valence-electron chi connectivity index (χ1n) is 6.54. The molecule has 104 valence electrons. The SMILES string of the molecule is N#Cc1cnc2ccccc2c1NCCc1ccc(Br)o1. The molecule has 0 saturated heterocycles. The van der Waals surface area contributed by atoms with Gasteiger partial charge in [0, 0.05) is 24.5 Å². The van der Waals surface area contributed by atoms with Crippen LogP contribution in [0.5, 0.6) is 0 Å². The minimum atomic E-state index is 0.550. The van der Waals surface area contributed by atoms with Crippen molar-refractivity contribution in [2.45, 2.75) is 6.42 Å². The molecule has 1 aromatic carbocycles. The number of benzene rings is 1. The Kier molecular flexibility index (Phi) is 3.89. The van der Waals surface area contributed by atoms with Crippen molar-refractivity contribution in [2.75, 3.05) is 11.9 Å². The van der Waals surface area contributed by atoms with Crippen molar-refractivity contribution in [3.05, 3.63) is 58.6 Å². The van der Waals surface area contributed by atoms with Gasteiger partial charge in [-0.05, 0) is 34.1 Å². The fourth-order valence-electron chi connectivity index (χ4n) is 2.21. The first-order valence-corrected chi connectivity index (χ1v) is 7.33. The van der Waals surface area contributed by atoms with Gasteiger partial charge in [-0.3, -0.25) is 4.98 Å². The van der Waals surface area contributed by atoms with E-state index in [0.717, 1.165) is 33.4 Å². The molecule has 2 heterocycles. The van der Waals surface area contributed by atoms with Gasteiger partial charge in [0.25, 0.3) is 0 Å². The van der Waals surface area contributed by atoms with Crippen LogP contribution in [0.2, 0.25) is 0 Å². The Morgan fingerprint density at radius 1 is 1.24 bits per heavy atom. The minimum absolute atomic E-state index is 0.550. The number of fused-ring (bicyclic) bond motifs is 1. The van der Waals surface area contributed by atoms with Crippen molar-refractivity contribution in [1.82, 2.24) is 4.98 Å². The molecule has 0 saturated carbocycles. The zero-order valence-corrected chi connectivity index (χ0v) is 12.7. The predicted octanol–water partition coefficient (Wildman–Crippen LogP) is 4.12. The Labute approximate surface area is 130 Å². The molecule has 0 unspecified atom stereocenters. The smallest absolute Gasteiger partial charge is 0.169 e. The van der Waals surface area contributed by atoms with Gasteiger partial charge in [0.2, 0.25) is 0 Å². The highest BCUT2D eigenvalue weighted by Crippen LogP contribution is 2.25. The summed E-state index contributed by atoms with van der Waals surface area (Å²) in [5.41, 5.74) is 2.25. The van der Waals surface area contributed by atoms with E-state index >= 15 is 0 Å². The monoisotopic (exact) mass is 341 g/mol. The summed E-state index contributed by atoms with van der Waals surface area (Å²) in [6.07, 6.45) is 2.35. The van der Waals surface area contributed by atoms with E-state index in [1.54, 1.807) is 6.20 Å². The zero-order valence-electron chi connectivity index (χ0n) is 11.1. The highest BCUT2D eigenvalue weighted by Gasteiger charge is 2.08. The number of rotatable bonds is 4. The third kappa shape index (κ3) is 2.91. The highest BCUT2D eigenvalue weighted by molar-refractivity contribution is 9.10. The molecule has 0 aliphatic heterocycles. The average Bonchev–Trinajstić information content (AvgIpc) is 2.93. The molecule has 1 N–H and O–H groups in total. The van der Waals surface area contributed by atoms with E-state index in [-0.39, 0.29) is 0 Å². The Hall–Kier alpha value is -2.32. The van der Waals surface area contributed by atoms with Crippen molar-refractivity contribution >= 4 is 32.5 Å². The molecule has 4 nitrogen and oxygen atoms in total. The van der Waals surface area contributed by atoms with Crippen LogP contribution in [0.4, 0.5) is 5.69 Å². The van der Waals surface area contributed by atoms with E-state index in [1.807, 2.05) is 36.4 Å². The number of para-hydroxylation sites is 1. The van der Waals surface area contributed by atoms with Crippen LogP contribution < -0.4 is 5.32 Å². The van der Waals surface area contributed by atoms with Gasteiger partial charge in [0.1, 0.15) is 11.8 Å². The summed E-state index contributed by atoms with van der Waals surface area (Å²) in [5, 5.41) is 13.5. The summed E-state index contributed by atoms with van der Waals surface area (Å²) < 4.78 is 6.19. The minimum Gasteiger partial charge on any atom is -0.454 e. The van der Waals surface area contributed by atoms with Crippen molar-refractivity contribution in [2.24, 2.45) is 0 Å². The molecule has 0 amide bonds. The van der Waals surface area contributed by atoms with Gasteiger partial charge >= 0.3 is 0 Å². The van der Waals surface area contributed by atoms with Gasteiger partial charge in [0.15, 0.2) is 4.67 Å². The van der Waals surface area contributed by atoms with Gasteiger partial charge < -0.3 is 9.73 Å². The van der Waals surface area contributed by atoms with Gasteiger partial charge in [0.05, 0.1) is 16.8 Å². The van der Waals surface area contributed by atoms with Crippen LogP contribution in [0.25, 0.3) is 10.9 Å².